The van der Waals surface area contributed by atoms with Crippen molar-refractivity contribution < 1.29 is 9.53 Å². The van der Waals surface area contributed by atoms with Gasteiger partial charge >= 0.3 is 0 Å². The predicted octanol–water partition coefficient (Wildman–Crippen LogP) is 4.54. The van der Waals surface area contributed by atoms with Gasteiger partial charge in [-0.05, 0) is 67.3 Å². The quantitative estimate of drug-likeness (QED) is 0.704. The molecular formula is C24H29N3O2. The summed E-state index contributed by atoms with van der Waals surface area (Å²) in [4.78, 5) is 15.3. The Hall–Kier alpha value is -2.84. The first-order valence-electron chi connectivity index (χ1n) is 10.4. The molecule has 0 saturated heterocycles. The maximum atomic E-state index is 13.1. The first-order chi connectivity index (χ1) is 14.0. The van der Waals surface area contributed by atoms with E-state index in [4.69, 9.17) is 4.74 Å². The summed E-state index contributed by atoms with van der Waals surface area (Å²) in [5.74, 6) is 0.296. The predicted molar refractivity (Wildman–Crippen MR) is 115 cm³/mol. The molecule has 0 unspecified atom stereocenters. The van der Waals surface area contributed by atoms with Crippen LogP contribution < -0.4 is 10.1 Å². The van der Waals surface area contributed by atoms with E-state index in [1.165, 1.54) is 11.1 Å². The number of rotatable bonds is 7. The largest absolute Gasteiger partial charge is 0.493 e. The highest BCUT2D eigenvalue weighted by molar-refractivity contribution is 6.06. The monoisotopic (exact) mass is 391 g/mol. The fourth-order valence-electron chi connectivity index (χ4n) is 3.62. The lowest BCUT2D eigenvalue weighted by molar-refractivity contribution is 0.102. The van der Waals surface area contributed by atoms with E-state index in [9.17, 15) is 10.1 Å². The molecule has 0 spiro atoms. The lowest BCUT2D eigenvalue weighted by atomic mass is 9.99. The summed E-state index contributed by atoms with van der Waals surface area (Å²) >= 11 is 0. The molecule has 0 saturated carbocycles. The van der Waals surface area contributed by atoms with E-state index in [0.29, 0.717) is 29.9 Å². The number of fused-ring (bicyclic) bond motifs is 1. The Kier molecular flexibility index (Phi) is 6.90. The van der Waals surface area contributed by atoms with Gasteiger partial charge in [-0.1, -0.05) is 26.3 Å². The normalized spacial score (nSPS) is 13.4. The minimum atomic E-state index is -0.250. The average molecular weight is 392 g/mol. The molecule has 0 aromatic heterocycles. The van der Waals surface area contributed by atoms with E-state index < -0.39 is 0 Å². The van der Waals surface area contributed by atoms with Gasteiger partial charge in [0.25, 0.3) is 5.91 Å². The number of hydrogen-bond acceptors (Lipinski definition) is 4. The fraction of sp³-hybridized carbons (Fsp3) is 0.417. The zero-order chi connectivity index (χ0) is 20.8. The topological polar surface area (TPSA) is 65.4 Å². The molecule has 2 aromatic rings. The van der Waals surface area contributed by atoms with Crippen LogP contribution in [0.5, 0.6) is 5.75 Å². The van der Waals surface area contributed by atoms with E-state index in [-0.39, 0.29) is 5.91 Å². The second kappa shape index (κ2) is 9.58. The number of nitrogens with one attached hydrogen (secondary N) is 1. The van der Waals surface area contributed by atoms with Gasteiger partial charge in [0, 0.05) is 18.8 Å². The Balaban J connectivity index is 1.87. The van der Waals surface area contributed by atoms with E-state index in [1.54, 1.807) is 6.07 Å². The molecule has 5 nitrogen and oxygen atoms in total. The van der Waals surface area contributed by atoms with E-state index >= 15 is 0 Å². The fourth-order valence-corrected chi connectivity index (χ4v) is 3.62. The van der Waals surface area contributed by atoms with Crippen LogP contribution >= 0.6 is 0 Å². The Morgan fingerprint density at radius 2 is 2.07 bits per heavy atom. The number of nitriles is 1. The van der Waals surface area contributed by atoms with E-state index in [2.05, 4.69) is 36.3 Å². The van der Waals surface area contributed by atoms with Crippen molar-refractivity contribution in [3.05, 3.63) is 58.1 Å². The second-order valence-corrected chi connectivity index (χ2v) is 7.60. The molecule has 1 aliphatic heterocycles. The molecule has 1 N–H and O–H groups in total. The molecule has 0 radical (unpaired) electrons. The van der Waals surface area contributed by atoms with Crippen molar-refractivity contribution >= 4 is 11.6 Å². The van der Waals surface area contributed by atoms with Crippen LogP contribution in [0.3, 0.4) is 0 Å². The van der Waals surface area contributed by atoms with Crippen molar-refractivity contribution in [3.8, 4) is 11.8 Å². The van der Waals surface area contributed by atoms with Crippen molar-refractivity contribution in [2.45, 2.75) is 46.1 Å². The maximum absolute atomic E-state index is 13.1. The number of ether oxygens (including phenoxy) is 1. The SMILES string of the molecule is CCCCOc1cc(CC)c(C#N)cc1C(=O)Nc1ccc2c(c1)CN(C)CC2. The smallest absolute Gasteiger partial charge is 0.259 e. The molecule has 29 heavy (non-hydrogen) atoms. The molecule has 1 amide bonds. The van der Waals surface area contributed by atoms with Crippen molar-refractivity contribution in [2.75, 3.05) is 25.5 Å². The van der Waals surface area contributed by atoms with Crippen LogP contribution in [0.25, 0.3) is 0 Å². The number of carbonyl (C=O) groups excluding carboxylic acids is 1. The first-order valence-corrected chi connectivity index (χ1v) is 10.4. The standard InChI is InChI=1S/C24H29N3O2/c1-4-6-11-29-23-14-17(5-2)19(15-25)13-22(23)24(28)26-21-8-7-18-9-10-27(3)16-20(18)12-21/h7-8,12-14H,4-6,9-11,16H2,1-3H3,(H,26,28). The zero-order valence-electron chi connectivity index (χ0n) is 17.5. The van der Waals surface area contributed by atoms with Crippen LogP contribution in [-0.4, -0.2) is 31.0 Å². The molecule has 0 fully saturated rings. The van der Waals surface area contributed by atoms with E-state index in [0.717, 1.165) is 43.6 Å². The molecule has 2 aromatic carbocycles. The van der Waals surface area contributed by atoms with Gasteiger partial charge in [0.15, 0.2) is 0 Å². The number of carbonyl (C=O) groups is 1. The summed E-state index contributed by atoms with van der Waals surface area (Å²) in [7, 11) is 2.10. The van der Waals surface area contributed by atoms with Crippen LogP contribution in [-0.2, 0) is 19.4 Å². The van der Waals surface area contributed by atoms with Gasteiger partial charge in [0.1, 0.15) is 5.75 Å². The van der Waals surface area contributed by atoms with Gasteiger partial charge in [0.05, 0.1) is 23.8 Å². The molecule has 1 heterocycles. The Morgan fingerprint density at radius 3 is 2.79 bits per heavy atom. The van der Waals surface area contributed by atoms with Gasteiger partial charge in [-0.25, -0.2) is 0 Å². The lowest BCUT2D eigenvalue weighted by Crippen LogP contribution is -2.26. The maximum Gasteiger partial charge on any atom is 0.259 e. The van der Waals surface area contributed by atoms with Gasteiger partial charge in [-0.2, -0.15) is 5.26 Å². The molecule has 0 aliphatic carbocycles. The number of benzene rings is 2. The van der Waals surface area contributed by atoms with Crippen LogP contribution in [0.15, 0.2) is 30.3 Å². The summed E-state index contributed by atoms with van der Waals surface area (Å²) < 4.78 is 5.91. The molecule has 3 rings (SSSR count). The van der Waals surface area contributed by atoms with Crippen LogP contribution in [0.1, 0.15) is 59.3 Å². The van der Waals surface area contributed by atoms with Gasteiger partial charge in [-0.3, -0.25) is 4.79 Å². The van der Waals surface area contributed by atoms with Gasteiger partial charge in [0.2, 0.25) is 0 Å². The van der Waals surface area contributed by atoms with Crippen molar-refractivity contribution in [2.24, 2.45) is 0 Å². The number of nitrogens with zero attached hydrogens (tertiary/aromatic N) is 2. The van der Waals surface area contributed by atoms with Crippen LogP contribution in [0.2, 0.25) is 0 Å². The number of aryl methyl sites for hydroxylation is 1. The molecule has 1 aliphatic rings. The first kappa shape index (κ1) is 20.9. The van der Waals surface area contributed by atoms with E-state index in [1.807, 2.05) is 25.1 Å². The third-order valence-corrected chi connectivity index (χ3v) is 5.37. The highest BCUT2D eigenvalue weighted by Crippen LogP contribution is 2.27. The Morgan fingerprint density at radius 1 is 1.24 bits per heavy atom. The van der Waals surface area contributed by atoms with Crippen LogP contribution in [0, 0.1) is 11.3 Å². The number of unbranched alkanes of at least 4 members (excludes halogenated alkanes) is 1. The minimum absolute atomic E-state index is 0.250. The van der Waals surface area contributed by atoms with Gasteiger partial charge < -0.3 is 15.0 Å². The Bertz CT molecular complexity index is 930. The number of likely N-dealkylation sites (N-methyl/N-ethyl adjacent to an activating group) is 1. The summed E-state index contributed by atoms with van der Waals surface area (Å²) in [6, 6.07) is 11.8. The summed E-state index contributed by atoms with van der Waals surface area (Å²) in [5.41, 5.74) is 5.17. The second-order valence-electron chi connectivity index (χ2n) is 7.60. The number of hydrogen-bond donors (Lipinski definition) is 1. The Labute approximate surface area is 173 Å². The number of amides is 1. The lowest BCUT2D eigenvalue weighted by Gasteiger charge is -2.25. The summed E-state index contributed by atoms with van der Waals surface area (Å²) in [6.45, 7) is 6.58. The number of anilines is 1. The summed E-state index contributed by atoms with van der Waals surface area (Å²) in [5, 5.41) is 12.5. The van der Waals surface area contributed by atoms with Gasteiger partial charge in [-0.15, -0.1) is 0 Å². The molecule has 152 valence electrons. The highest BCUT2D eigenvalue weighted by atomic mass is 16.5. The molecule has 0 bridgehead atoms. The highest BCUT2D eigenvalue weighted by Gasteiger charge is 2.18. The zero-order valence-corrected chi connectivity index (χ0v) is 17.5. The van der Waals surface area contributed by atoms with Crippen molar-refractivity contribution in [1.82, 2.24) is 4.90 Å². The minimum Gasteiger partial charge on any atom is -0.493 e. The molecule has 0 atom stereocenters. The third-order valence-electron chi connectivity index (χ3n) is 5.37. The van der Waals surface area contributed by atoms with Crippen molar-refractivity contribution in [1.29, 1.82) is 5.26 Å². The molecule has 5 heteroatoms. The van der Waals surface area contributed by atoms with Crippen molar-refractivity contribution in [3.63, 3.8) is 0 Å². The molecular weight excluding hydrogens is 362 g/mol. The average Bonchev–Trinajstić information content (AvgIpc) is 2.73. The summed E-state index contributed by atoms with van der Waals surface area (Å²) in [6.07, 6.45) is 3.68. The third kappa shape index (κ3) is 4.96. The van der Waals surface area contributed by atoms with Crippen LogP contribution in [0.4, 0.5) is 5.69 Å².